The number of amides is 1. The fourth-order valence-electron chi connectivity index (χ4n) is 2.20. The highest BCUT2D eigenvalue weighted by atomic mass is 16.6. The summed E-state index contributed by atoms with van der Waals surface area (Å²) in [7, 11) is 0. The number of hydrogen-bond donors (Lipinski definition) is 1. The van der Waals surface area contributed by atoms with E-state index in [0.29, 0.717) is 24.9 Å². The Bertz CT molecular complexity index is 271. The molecule has 0 aromatic rings. The Labute approximate surface area is 104 Å². The molecule has 0 unspecified atom stereocenters. The van der Waals surface area contributed by atoms with Gasteiger partial charge in [0.15, 0.2) is 0 Å². The van der Waals surface area contributed by atoms with Crippen molar-refractivity contribution in [3.8, 4) is 0 Å². The molecule has 1 rings (SSSR count). The summed E-state index contributed by atoms with van der Waals surface area (Å²) in [5, 5.41) is 0. The van der Waals surface area contributed by atoms with Gasteiger partial charge >= 0.3 is 6.09 Å². The van der Waals surface area contributed by atoms with Crippen molar-refractivity contribution in [1.82, 2.24) is 4.90 Å². The van der Waals surface area contributed by atoms with Crippen LogP contribution in [0.1, 0.15) is 41.0 Å². The Balaban J connectivity index is 2.59. The van der Waals surface area contributed by atoms with Crippen molar-refractivity contribution in [3.63, 3.8) is 0 Å². The summed E-state index contributed by atoms with van der Waals surface area (Å²) in [5.74, 6) is 0.867. The fraction of sp³-hybridized carbons (Fsp3) is 0.923. The zero-order chi connectivity index (χ0) is 13.2. The van der Waals surface area contributed by atoms with Crippen LogP contribution >= 0.6 is 0 Å². The molecule has 2 N–H and O–H groups in total. The lowest BCUT2D eigenvalue weighted by molar-refractivity contribution is 0.0117. The van der Waals surface area contributed by atoms with Gasteiger partial charge in [-0.15, -0.1) is 0 Å². The van der Waals surface area contributed by atoms with E-state index in [1.165, 1.54) is 0 Å². The van der Waals surface area contributed by atoms with Gasteiger partial charge in [-0.25, -0.2) is 4.79 Å². The molecule has 0 saturated carbocycles. The van der Waals surface area contributed by atoms with Gasteiger partial charge in [0, 0.05) is 19.1 Å². The Morgan fingerprint density at radius 3 is 2.47 bits per heavy atom. The van der Waals surface area contributed by atoms with Crippen LogP contribution in [0.5, 0.6) is 0 Å². The number of carbonyl (C=O) groups excluding carboxylic acids is 1. The average molecular weight is 242 g/mol. The van der Waals surface area contributed by atoms with Crippen LogP contribution in [0, 0.1) is 11.8 Å². The van der Waals surface area contributed by atoms with E-state index in [-0.39, 0.29) is 12.1 Å². The highest BCUT2D eigenvalue weighted by Gasteiger charge is 2.33. The topological polar surface area (TPSA) is 55.6 Å². The van der Waals surface area contributed by atoms with E-state index in [2.05, 4.69) is 13.8 Å². The average Bonchev–Trinajstić information content (AvgIpc) is 2.14. The molecule has 4 heteroatoms. The summed E-state index contributed by atoms with van der Waals surface area (Å²) < 4.78 is 5.39. The number of nitrogens with two attached hydrogens (primary N) is 1. The van der Waals surface area contributed by atoms with E-state index in [0.717, 1.165) is 6.42 Å². The zero-order valence-corrected chi connectivity index (χ0v) is 11.7. The number of likely N-dealkylation sites (tertiary alicyclic amines) is 1. The lowest BCUT2D eigenvalue weighted by Crippen LogP contribution is -2.51. The summed E-state index contributed by atoms with van der Waals surface area (Å²) in [4.78, 5) is 13.7. The number of hydrogen-bond acceptors (Lipinski definition) is 3. The van der Waals surface area contributed by atoms with Crippen molar-refractivity contribution in [2.24, 2.45) is 17.6 Å². The van der Waals surface area contributed by atoms with Crippen LogP contribution in [0.3, 0.4) is 0 Å². The summed E-state index contributed by atoms with van der Waals surface area (Å²) in [6.45, 7) is 11.4. The first-order chi connectivity index (χ1) is 7.70. The van der Waals surface area contributed by atoms with Gasteiger partial charge in [-0.3, -0.25) is 0 Å². The highest BCUT2D eigenvalue weighted by Crippen LogP contribution is 2.24. The Hall–Kier alpha value is -0.770. The number of carbonyl (C=O) groups is 1. The predicted octanol–water partition coefficient (Wildman–Crippen LogP) is 2.23. The van der Waals surface area contributed by atoms with Gasteiger partial charge in [0.25, 0.3) is 0 Å². The molecule has 0 bridgehead atoms. The maximum atomic E-state index is 12.0. The number of ether oxygens (including phenoxy) is 1. The highest BCUT2D eigenvalue weighted by molar-refractivity contribution is 5.68. The molecule has 0 aromatic carbocycles. The molecule has 0 aliphatic carbocycles. The molecule has 1 aliphatic heterocycles. The largest absolute Gasteiger partial charge is 0.444 e. The third-order valence-corrected chi connectivity index (χ3v) is 3.22. The maximum absolute atomic E-state index is 12.0. The van der Waals surface area contributed by atoms with Crippen LogP contribution < -0.4 is 5.73 Å². The lowest BCUT2D eigenvalue weighted by atomic mass is 9.84. The minimum atomic E-state index is -0.427. The third-order valence-electron chi connectivity index (χ3n) is 3.22. The monoisotopic (exact) mass is 242 g/mol. The molecule has 100 valence electrons. The molecule has 17 heavy (non-hydrogen) atoms. The normalized spacial score (nSPS) is 26.2. The number of nitrogens with zero attached hydrogens (tertiary/aromatic N) is 1. The van der Waals surface area contributed by atoms with Crippen LogP contribution in [0.15, 0.2) is 0 Å². The van der Waals surface area contributed by atoms with Crippen LogP contribution in [-0.2, 0) is 4.74 Å². The first kappa shape index (κ1) is 14.3. The van der Waals surface area contributed by atoms with E-state index in [4.69, 9.17) is 10.5 Å². The van der Waals surface area contributed by atoms with Crippen molar-refractivity contribution in [2.45, 2.75) is 52.7 Å². The standard InChI is InChI=1S/C13H26N2O2/c1-9(2)10-8-15(7-6-11(10)14)12(16)17-13(3,4)5/h9-11H,6-8,14H2,1-5H3/t10-,11+/m1/s1. The molecule has 0 radical (unpaired) electrons. The molecular weight excluding hydrogens is 216 g/mol. The molecule has 4 nitrogen and oxygen atoms in total. The first-order valence-corrected chi connectivity index (χ1v) is 6.44. The lowest BCUT2D eigenvalue weighted by Gasteiger charge is -2.39. The van der Waals surface area contributed by atoms with Crippen molar-refractivity contribution >= 4 is 6.09 Å². The Morgan fingerprint density at radius 2 is 2.00 bits per heavy atom. The first-order valence-electron chi connectivity index (χ1n) is 6.44. The summed E-state index contributed by atoms with van der Waals surface area (Å²) in [5.41, 5.74) is 5.66. The van der Waals surface area contributed by atoms with Gasteiger partial charge in [-0.1, -0.05) is 13.8 Å². The third kappa shape index (κ3) is 4.19. The van der Waals surface area contributed by atoms with Crippen LogP contribution in [-0.4, -0.2) is 35.7 Å². The SMILES string of the molecule is CC(C)[C@H]1CN(C(=O)OC(C)(C)C)CC[C@@H]1N. The fourth-order valence-corrected chi connectivity index (χ4v) is 2.20. The van der Waals surface area contributed by atoms with Crippen molar-refractivity contribution in [2.75, 3.05) is 13.1 Å². The van der Waals surface area contributed by atoms with Crippen molar-refractivity contribution < 1.29 is 9.53 Å². The van der Waals surface area contributed by atoms with Gasteiger partial charge in [0.2, 0.25) is 0 Å². The summed E-state index contributed by atoms with van der Waals surface area (Å²) >= 11 is 0. The van der Waals surface area contributed by atoms with E-state index in [9.17, 15) is 4.79 Å². The molecule has 2 atom stereocenters. The minimum absolute atomic E-state index is 0.202. The van der Waals surface area contributed by atoms with Gasteiger partial charge < -0.3 is 15.4 Å². The number of rotatable bonds is 1. The minimum Gasteiger partial charge on any atom is -0.444 e. The molecule has 1 amide bonds. The van der Waals surface area contributed by atoms with Gasteiger partial charge in [0.1, 0.15) is 5.60 Å². The number of piperidine rings is 1. The van der Waals surface area contributed by atoms with Gasteiger partial charge in [-0.2, -0.15) is 0 Å². The molecule has 1 aliphatic rings. The van der Waals surface area contributed by atoms with Gasteiger partial charge in [0.05, 0.1) is 0 Å². The van der Waals surface area contributed by atoms with E-state index >= 15 is 0 Å². The molecule has 0 aromatic heterocycles. The predicted molar refractivity (Wildman–Crippen MR) is 68.7 cm³/mol. The van der Waals surface area contributed by atoms with E-state index in [1.54, 1.807) is 4.90 Å². The second-order valence-corrected chi connectivity index (χ2v) is 6.29. The molecular formula is C13H26N2O2. The van der Waals surface area contributed by atoms with Crippen molar-refractivity contribution in [3.05, 3.63) is 0 Å². The maximum Gasteiger partial charge on any atom is 0.410 e. The quantitative estimate of drug-likeness (QED) is 0.767. The molecule has 1 saturated heterocycles. The van der Waals surface area contributed by atoms with Crippen LogP contribution in [0.25, 0.3) is 0 Å². The zero-order valence-electron chi connectivity index (χ0n) is 11.7. The Kier molecular flexibility index (Phi) is 4.42. The van der Waals surface area contributed by atoms with E-state index < -0.39 is 5.60 Å². The van der Waals surface area contributed by atoms with Crippen LogP contribution in [0.4, 0.5) is 4.79 Å². The van der Waals surface area contributed by atoms with Crippen molar-refractivity contribution in [1.29, 1.82) is 0 Å². The molecule has 0 spiro atoms. The summed E-state index contributed by atoms with van der Waals surface area (Å²) in [6.07, 6.45) is 0.650. The van der Waals surface area contributed by atoms with E-state index in [1.807, 2.05) is 20.8 Å². The summed E-state index contributed by atoms with van der Waals surface area (Å²) in [6, 6.07) is 0.202. The molecule has 1 heterocycles. The van der Waals surface area contributed by atoms with Gasteiger partial charge in [-0.05, 0) is 39.0 Å². The van der Waals surface area contributed by atoms with Crippen LogP contribution in [0.2, 0.25) is 0 Å². The molecule has 1 fully saturated rings. The second-order valence-electron chi connectivity index (χ2n) is 6.29. The second kappa shape index (κ2) is 5.25. The smallest absolute Gasteiger partial charge is 0.410 e. The Morgan fingerprint density at radius 1 is 1.41 bits per heavy atom.